The summed E-state index contributed by atoms with van der Waals surface area (Å²) in [6.45, 7) is 3.30. The Bertz CT molecular complexity index is 263. The highest BCUT2D eigenvalue weighted by molar-refractivity contribution is 5.36. The van der Waals surface area contributed by atoms with Crippen molar-refractivity contribution in [1.82, 2.24) is 10.2 Å². The highest BCUT2D eigenvalue weighted by Gasteiger charge is 2.04. The maximum atomic E-state index is 8.80. The molecule has 0 aliphatic rings. The number of aliphatic hydroxyl groups is 2. The van der Waals surface area contributed by atoms with Crippen molar-refractivity contribution >= 4 is 5.82 Å². The van der Waals surface area contributed by atoms with Gasteiger partial charge >= 0.3 is 0 Å². The van der Waals surface area contributed by atoms with Crippen molar-refractivity contribution in [3.05, 3.63) is 17.8 Å². The number of rotatable bonds is 5. The van der Waals surface area contributed by atoms with Gasteiger partial charge in [-0.15, -0.1) is 5.10 Å². The number of likely N-dealkylation sites (N-methyl/N-ethyl adjacent to an activating group) is 1. The Morgan fingerprint density at radius 1 is 1.29 bits per heavy atom. The minimum atomic E-state index is -0.0978. The predicted octanol–water partition coefficient (Wildman–Crippen LogP) is -0.213. The van der Waals surface area contributed by atoms with Crippen LogP contribution in [0.25, 0.3) is 0 Å². The molecule has 0 bridgehead atoms. The summed E-state index contributed by atoms with van der Waals surface area (Å²) in [4.78, 5) is 1.91. The summed E-state index contributed by atoms with van der Waals surface area (Å²) in [7, 11) is 0. The Morgan fingerprint density at radius 3 is 2.50 bits per heavy atom. The largest absolute Gasteiger partial charge is 0.395 e. The van der Waals surface area contributed by atoms with Gasteiger partial charge in [0.1, 0.15) is 0 Å². The molecular formula is C9H15N3O2. The van der Waals surface area contributed by atoms with Crippen LogP contribution in [0.1, 0.15) is 12.6 Å². The molecule has 0 atom stereocenters. The van der Waals surface area contributed by atoms with Crippen molar-refractivity contribution in [3.8, 4) is 0 Å². The lowest BCUT2D eigenvalue weighted by atomic mass is 10.4. The van der Waals surface area contributed by atoms with Gasteiger partial charge < -0.3 is 15.1 Å². The summed E-state index contributed by atoms with van der Waals surface area (Å²) in [6.07, 6.45) is 0. The number of aliphatic hydroxyl groups excluding tert-OH is 2. The molecule has 1 aromatic heterocycles. The fourth-order valence-corrected chi connectivity index (χ4v) is 1.16. The Labute approximate surface area is 83.0 Å². The first-order valence-electron chi connectivity index (χ1n) is 4.61. The van der Waals surface area contributed by atoms with E-state index in [1.807, 2.05) is 11.8 Å². The molecule has 14 heavy (non-hydrogen) atoms. The molecule has 0 fully saturated rings. The van der Waals surface area contributed by atoms with Crippen molar-refractivity contribution < 1.29 is 10.2 Å². The van der Waals surface area contributed by atoms with Crippen molar-refractivity contribution in [2.24, 2.45) is 0 Å². The number of aromatic nitrogens is 2. The van der Waals surface area contributed by atoms with Gasteiger partial charge in [-0.25, -0.2) is 0 Å². The summed E-state index contributed by atoms with van der Waals surface area (Å²) in [5.41, 5.74) is 0.550. The molecule has 1 rings (SSSR count). The fourth-order valence-electron chi connectivity index (χ4n) is 1.16. The first-order chi connectivity index (χ1) is 6.81. The van der Waals surface area contributed by atoms with Gasteiger partial charge in [0.25, 0.3) is 0 Å². The molecular weight excluding hydrogens is 182 g/mol. The third kappa shape index (κ3) is 2.65. The van der Waals surface area contributed by atoms with Gasteiger partial charge in [0.15, 0.2) is 5.82 Å². The zero-order chi connectivity index (χ0) is 10.4. The summed E-state index contributed by atoms with van der Waals surface area (Å²) < 4.78 is 0. The van der Waals surface area contributed by atoms with Crippen LogP contribution in [-0.2, 0) is 6.61 Å². The van der Waals surface area contributed by atoms with Crippen LogP contribution >= 0.6 is 0 Å². The fraction of sp³-hybridized carbons (Fsp3) is 0.556. The van der Waals surface area contributed by atoms with Crippen LogP contribution < -0.4 is 4.90 Å². The van der Waals surface area contributed by atoms with Gasteiger partial charge in [-0.3, -0.25) is 0 Å². The van der Waals surface area contributed by atoms with Crippen molar-refractivity contribution in [3.63, 3.8) is 0 Å². The summed E-state index contributed by atoms with van der Waals surface area (Å²) in [6, 6.07) is 3.51. The molecule has 0 aliphatic heterocycles. The lowest BCUT2D eigenvalue weighted by molar-refractivity contribution is 0.275. The Balaban J connectivity index is 2.73. The van der Waals surface area contributed by atoms with E-state index in [0.29, 0.717) is 12.2 Å². The molecule has 5 heteroatoms. The first-order valence-corrected chi connectivity index (χ1v) is 4.61. The van der Waals surface area contributed by atoms with Crippen LogP contribution in [0.15, 0.2) is 12.1 Å². The molecule has 0 amide bonds. The molecule has 2 N–H and O–H groups in total. The van der Waals surface area contributed by atoms with Crippen molar-refractivity contribution in [2.75, 3.05) is 24.6 Å². The van der Waals surface area contributed by atoms with Crippen LogP contribution in [0.3, 0.4) is 0 Å². The van der Waals surface area contributed by atoms with Gasteiger partial charge in [0, 0.05) is 13.1 Å². The Kier molecular flexibility index (Phi) is 4.28. The summed E-state index contributed by atoms with van der Waals surface area (Å²) in [5.74, 6) is 0.721. The second-order valence-corrected chi connectivity index (χ2v) is 2.84. The van der Waals surface area contributed by atoms with E-state index in [-0.39, 0.29) is 13.2 Å². The smallest absolute Gasteiger partial charge is 0.151 e. The number of anilines is 1. The van der Waals surface area contributed by atoms with E-state index >= 15 is 0 Å². The molecule has 0 aliphatic carbocycles. The Morgan fingerprint density at radius 2 is 2.07 bits per heavy atom. The summed E-state index contributed by atoms with van der Waals surface area (Å²) in [5, 5.41) is 25.3. The first kappa shape index (κ1) is 10.9. The molecule has 0 spiro atoms. The molecule has 0 saturated heterocycles. The maximum absolute atomic E-state index is 8.80. The second-order valence-electron chi connectivity index (χ2n) is 2.84. The van der Waals surface area contributed by atoms with Crippen LogP contribution in [0.4, 0.5) is 5.82 Å². The zero-order valence-electron chi connectivity index (χ0n) is 8.22. The van der Waals surface area contributed by atoms with E-state index in [4.69, 9.17) is 10.2 Å². The molecule has 0 saturated carbocycles. The third-order valence-corrected chi connectivity index (χ3v) is 1.94. The number of hydrogen-bond acceptors (Lipinski definition) is 5. The lowest BCUT2D eigenvalue weighted by Crippen LogP contribution is -2.27. The quantitative estimate of drug-likeness (QED) is 0.683. The number of hydrogen-bond donors (Lipinski definition) is 2. The highest BCUT2D eigenvalue weighted by Crippen LogP contribution is 2.08. The Hall–Kier alpha value is -1.20. The molecule has 1 aromatic rings. The van der Waals surface area contributed by atoms with Crippen molar-refractivity contribution in [2.45, 2.75) is 13.5 Å². The monoisotopic (exact) mass is 197 g/mol. The third-order valence-electron chi connectivity index (χ3n) is 1.94. The average molecular weight is 197 g/mol. The minimum Gasteiger partial charge on any atom is -0.395 e. The lowest BCUT2D eigenvalue weighted by Gasteiger charge is -2.19. The standard InChI is InChI=1S/C9H15N3O2/c1-2-12(5-6-13)9-4-3-8(7-14)10-11-9/h3-4,13-14H,2,5-7H2,1H3. The van der Waals surface area contributed by atoms with Gasteiger partial charge in [-0.05, 0) is 19.1 Å². The van der Waals surface area contributed by atoms with Gasteiger partial charge in [0.05, 0.1) is 18.9 Å². The second kappa shape index (κ2) is 5.51. The van der Waals surface area contributed by atoms with Crippen LogP contribution in [0.5, 0.6) is 0 Å². The highest BCUT2D eigenvalue weighted by atomic mass is 16.3. The van der Waals surface area contributed by atoms with Gasteiger partial charge in [-0.1, -0.05) is 0 Å². The normalized spacial score (nSPS) is 10.2. The molecule has 0 aromatic carbocycles. The maximum Gasteiger partial charge on any atom is 0.151 e. The van der Waals surface area contributed by atoms with E-state index in [0.717, 1.165) is 12.4 Å². The molecule has 5 nitrogen and oxygen atoms in total. The number of nitrogens with zero attached hydrogens (tertiary/aromatic N) is 3. The summed E-state index contributed by atoms with van der Waals surface area (Å²) >= 11 is 0. The van der Waals surface area contributed by atoms with Gasteiger partial charge in [0.2, 0.25) is 0 Å². The van der Waals surface area contributed by atoms with Gasteiger partial charge in [-0.2, -0.15) is 5.10 Å². The van der Waals surface area contributed by atoms with E-state index in [9.17, 15) is 0 Å². The van der Waals surface area contributed by atoms with Crippen molar-refractivity contribution in [1.29, 1.82) is 0 Å². The molecule has 1 heterocycles. The average Bonchev–Trinajstić information content (AvgIpc) is 2.26. The predicted molar refractivity (Wildman–Crippen MR) is 52.9 cm³/mol. The van der Waals surface area contributed by atoms with E-state index in [1.165, 1.54) is 0 Å². The van der Waals surface area contributed by atoms with Crippen LogP contribution in [-0.4, -0.2) is 40.1 Å². The topological polar surface area (TPSA) is 69.5 Å². The minimum absolute atomic E-state index is 0.0945. The molecule has 0 radical (unpaired) electrons. The van der Waals surface area contributed by atoms with E-state index in [2.05, 4.69) is 10.2 Å². The zero-order valence-corrected chi connectivity index (χ0v) is 8.22. The van der Waals surface area contributed by atoms with Crippen LogP contribution in [0.2, 0.25) is 0 Å². The van der Waals surface area contributed by atoms with E-state index < -0.39 is 0 Å². The van der Waals surface area contributed by atoms with E-state index in [1.54, 1.807) is 12.1 Å². The van der Waals surface area contributed by atoms with Crippen LogP contribution in [0, 0.1) is 0 Å². The molecule has 0 unspecified atom stereocenters. The SMILES string of the molecule is CCN(CCO)c1ccc(CO)nn1. The molecule has 78 valence electrons.